The number of amides is 1. The molecule has 2 rings (SSSR count). The number of carbonyl (C=O) groups is 1. The van der Waals surface area contributed by atoms with E-state index in [4.69, 9.17) is 0 Å². The van der Waals surface area contributed by atoms with Crippen LogP contribution < -0.4 is 5.32 Å². The standard InChI is InChI=1S/C12H16N4O/c1-7(17)14-11-15-9-5-8(12(2,3)4)6-13-10(9)16-11/h5-6H,1-4H3,(H2,13,14,15,16,17). The second-order valence-electron chi connectivity index (χ2n) is 5.11. The van der Waals surface area contributed by atoms with E-state index in [1.54, 1.807) is 0 Å². The zero-order valence-electron chi connectivity index (χ0n) is 10.5. The smallest absolute Gasteiger partial charge is 0.223 e. The van der Waals surface area contributed by atoms with Gasteiger partial charge in [0.15, 0.2) is 5.65 Å². The Balaban J connectivity index is 2.44. The molecule has 0 aliphatic heterocycles. The van der Waals surface area contributed by atoms with Gasteiger partial charge < -0.3 is 4.98 Å². The Labute approximate surface area is 99.7 Å². The predicted molar refractivity (Wildman–Crippen MR) is 66.9 cm³/mol. The average Bonchev–Trinajstić information content (AvgIpc) is 2.55. The quantitative estimate of drug-likeness (QED) is 0.792. The highest BCUT2D eigenvalue weighted by atomic mass is 16.1. The third kappa shape index (κ3) is 2.43. The molecule has 0 fully saturated rings. The van der Waals surface area contributed by atoms with Crippen molar-refractivity contribution < 1.29 is 4.79 Å². The number of hydrogen-bond donors (Lipinski definition) is 2. The fourth-order valence-corrected chi connectivity index (χ4v) is 1.54. The summed E-state index contributed by atoms with van der Waals surface area (Å²) in [5.41, 5.74) is 2.62. The van der Waals surface area contributed by atoms with Crippen molar-refractivity contribution in [3.05, 3.63) is 17.8 Å². The molecule has 0 spiro atoms. The second kappa shape index (κ2) is 3.84. The predicted octanol–water partition coefficient (Wildman–Crippen LogP) is 2.21. The van der Waals surface area contributed by atoms with Gasteiger partial charge in [0.2, 0.25) is 11.9 Å². The normalized spacial score (nSPS) is 11.8. The van der Waals surface area contributed by atoms with Gasteiger partial charge in [-0.15, -0.1) is 0 Å². The van der Waals surface area contributed by atoms with Gasteiger partial charge in [-0.2, -0.15) is 4.98 Å². The molecule has 0 saturated heterocycles. The molecule has 0 aliphatic carbocycles. The number of pyridine rings is 1. The monoisotopic (exact) mass is 232 g/mol. The van der Waals surface area contributed by atoms with Gasteiger partial charge in [-0.1, -0.05) is 20.8 Å². The lowest BCUT2D eigenvalue weighted by Crippen LogP contribution is -2.11. The topological polar surface area (TPSA) is 70.7 Å². The number of aromatic amines is 1. The molecule has 2 aromatic heterocycles. The third-order valence-corrected chi connectivity index (χ3v) is 2.50. The van der Waals surface area contributed by atoms with Crippen LogP contribution in [-0.2, 0) is 10.2 Å². The first kappa shape index (κ1) is 11.6. The van der Waals surface area contributed by atoms with Crippen molar-refractivity contribution in [1.82, 2.24) is 15.0 Å². The molecule has 2 N–H and O–H groups in total. The molecule has 0 atom stereocenters. The Kier molecular flexibility index (Phi) is 2.61. The van der Waals surface area contributed by atoms with Crippen molar-refractivity contribution in [1.29, 1.82) is 0 Å². The van der Waals surface area contributed by atoms with E-state index >= 15 is 0 Å². The van der Waals surface area contributed by atoms with Crippen LogP contribution in [-0.4, -0.2) is 20.9 Å². The summed E-state index contributed by atoms with van der Waals surface area (Å²) < 4.78 is 0. The van der Waals surface area contributed by atoms with Crippen molar-refractivity contribution in [2.45, 2.75) is 33.1 Å². The first-order valence-electron chi connectivity index (χ1n) is 5.50. The maximum Gasteiger partial charge on any atom is 0.223 e. The Hall–Kier alpha value is -1.91. The summed E-state index contributed by atoms with van der Waals surface area (Å²) in [5.74, 6) is 0.283. The van der Waals surface area contributed by atoms with Crippen molar-refractivity contribution in [2.24, 2.45) is 0 Å². The second-order valence-corrected chi connectivity index (χ2v) is 5.11. The molecule has 5 nitrogen and oxygen atoms in total. The van der Waals surface area contributed by atoms with Crippen molar-refractivity contribution >= 4 is 23.0 Å². The first-order valence-corrected chi connectivity index (χ1v) is 5.50. The van der Waals surface area contributed by atoms with Gasteiger partial charge in [-0.05, 0) is 17.0 Å². The minimum Gasteiger partial charge on any atom is -0.322 e. The molecule has 0 unspecified atom stereocenters. The first-order chi connectivity index (χ1) is 7.86. The molecule has 1 amide bonds. The zero-order valence-corrected chi connectivity index (χ0v) is 10.5. The van der Waals surface area contributed by atoms with Crippen LogP contribution >= 0.6 is 0 Å². The van der Waals surface area contributed by atoms with E-state index in [1.807, 2.05) is 12.3 Å². The summed E-state index contributed by atoms with van der Waals surface area (Å²) in [7, 11) is 0. The molecule has 0 aromatic carbocycles. The maximum absolute atomic E-state index is 10.9. The van der Waals surface area contributed by atoms with Crippen LogP contribution in [0.3, 0.4) is 0 Å². The maximum atomic E-state index is 10.9. The molecule has 5 heteroatoms. The average molecular weight is 232 g/mol. The van der Waals surface area contributed by atoms with Gasteiger partial charge in [0.1, 0.15) is 0 Å². The minimum atomic E-state index is -0.153. The lowest BCUT2D eigenvalue weighted by atomic mass is 9.88. The number of imidazole rings is 1. The highest BCUT2D eigenvalue weighted by Crippen LogP contribution is 2.24. The number of nitrogens with zero attached hydrogens (tertiary/aromatic N) is 2. The van der Waals surface area contributed by atoms with Gasteiger partial charge in [-0.3, -0.25) is 10.1 Å². The number of fused-ring (bicyclic) bond motifs is 1. The summed E-state index contributed by atoms with van der Waals surface area (Å²) in [6.07, 6.45) is 1.82. The molecule has 0 radical (unpaired) electrons. The van der Waals surface area contributed by atoms with Gasteiger partial charge in [0.25, 0.3) is 0 Å². The van der Waals surface area contributed by atoms with Gasteiger partial charge in [0.05, 0.1) is 5.52 Å². The number of H-pyrrole nitrogens is 1. The van der Waals surface area contributed by atoms with Gasteiger partial charge in [-0.25, -0.2) is 4.98 Å². The van der Waals surface area contributed by atoms with Gasteiger partial charge in [0, 0.05) is 13.1 Å². The largest absolute Gasteiger partial charge is 0.322 e. The third-order valence-electron chi connectivity index (χ3n) is 2.50. The Morgan fingerprint density at radius 2 is 2.12 bits per heavy atom. The number of carbonyl (C=O) groups excluding carboxylic acids is 1. The van der Waals surface area contributed by atoms with Gasteiger partial charge >= 0.3 is 0 Å². The lowest BCUT2D eigenvalue weighted by molar-refractivity contribution is -0.114. The SMILES string of the molecule is CC(=O)Nc1nc2ncc(C(C)(C)C)cc2[nH]1. The summed E-state index contributed by atoms with van der Waals surface area (Å²) in [5, 5.41) is 2.61. The van der Waals surface area contributed by atoms with Crippen molar-refractivity contribution in [3.63, 3.8) is 0 Å². The molecule has 0 saturated carbocycles. The Morgan fingerprint density at radius 3 is 2.71 bits per heavy atom. The van der Waals surface area contributed by atoms with Crippen LogP contribution in [0.15, 0.2) is 12.3 Å². The minimum absolute atomic E-state index is 0.0421. The molecular formula is C12H16N4O. The van der Waals surface area contributed by atoms with E-state index in [0.717, 1.165) is 11.1 Å². The van der Waals surface area contributed by atoms with E-state index in [1.165, 1.54) is 6.92 Å². The van der Waals surface area contributed by atoms with E-state index in [-0.39, 0.29) is 11.3 Å². The highest BCUT2D eigenvalue weighted by molar-refractivity contribution is 5.88. The lowest BCUT2D eigenvalue weighted by Gasteiger charge is -2.17. The number of rotatable bonds is 1. The fraction of sp³-hybridized carbons (Fsp3) is 0.417. The van der Waals surface area contributed by atoms with E-state index < -0.39 is 0 Å². The summed E-state index contributed by atoms with van der Waals surface area (Å²) >= 11 is 0. The van der Waals surface area contributed by atoms with Crippen LogP contribution in [0.25, 0.3) is 11.2 Å². The number of anilines is 1. The van der Waals surface area contributed by atoms with E-state index in [2.05, 4.69) is 41.0 Å². The molecule has 2 aromatic rings. The van der Waals surface area contributed by atoms with E-state index in [9.17, 15) is 4.79 Å². The summed E-state index contributed by atoms with van der Waals surface area (Å²) in [6, 6.07) is 2.01. The molecule has 2 heterocycles. The molecular weight excluding hydrogens is 216 g/mol. The molecule has 0 aliphatic rings. The molecule has 0 bridgehead atoms. The van der Waals surface area contributed by atoms with Crippen LogP contribution in [0.5, 0.6) is 0 Å². The highest BCUT2D eigenvalue weighted by Gasteiger charge is 2.15. The fourth-order valence-electron chi connectivity index (χ4n) is 1.54. The van der Waals surface area contributed by atoms with Crippen molar-refractivity contribution in [3.8, 4) is 0 Å². The van der Waals surface area contributed by atoms with E-state index in [0.29, 0.717) is 11.6 Å². The van der Waals surface area contributed by atoms with Crippen molar-refractivity contribution in [2.75, 3.05) is 5.32 Å². The molecule has 90 valence electrons. The molecule has 17 heavy (non-hydrogen) atoms. The van der Waals surface area contributed by atoms with Crippen LogP contribution in [0.1, 0.15) is 33.3 Å². The number of hydrogen-bond acceptors (Lipinski definition) is 3. The van der Waals surface area contributed by atoms with Crippen LogP contribution in [0, 0.1) is 0 Å². The van der Waals surface area contributed by atoms with Crippen LogP contribution in [0.4, 0.5) is 5.95 Å². The summed E-state index contributed by atoms with van der Waals surface area (Å²) in [6.45, 7) is 7.82. The Morgan fingerprint density at radius 1 is 1.41 bits per heavy atom. The number of aromatic nitrogens is 3. The zero-order chi connectivity index (χ0) is 12.6. The van der Waals surface area contributed by atoms with Crippen LogP contribution in [0.2, 0.25) is 0 Å². The number of nitrogens with one attached hydrogen (secondary N) is 2. The summed E-state index contributed by atoms with van der Waals surface area (Å²) in [4.78, 5) is 22.4. The Bertz CT molecular complexity index is 565.